The highest BCUT2D eigenvalue weighted by Gasteiger charge is 2.13. The van der Waals surface area contributed by atoms with E-state index in [1.54, 1.807) is 17.4 Å². The number of aromatic carboxylic acids is 1. The van der Waals surface area contributed by atoms with Crippen LogP contribution in [0.25, 0.3) is 10.1 Å². The highest BCUT2D eigenvalue weighted by Crippen LogP contribution is 2.31. The van der Waals surface area contributed by atoms with Gasteiger partial charge in [0.15, 0.2) is 0 Å². The number of benzene rings is 1. The van der Waals surface area contributed by atoms with Gasteiger partial charge in [0, 0.05) is 19.9 Å². The molecule has 1 aromatic carbocycles. The zero-order valence-electron chi connectivity index (χ0n) is 7.44. The molecule has 72 valence electrons. The predicted octanol–water partition coefficient (Wildman–Crippen LogP) is 3.20. The molecule has 4 heteroatoms. The molecule has 0 aliphatic rings. The second kappa shape index (κ2) is 3.29. The molecule has 0 aliphatic carbocycles. The van der Waals surface area contributed by atoms with E-state index in [0.29, 0.717) is 10.5 Å². The number of carboxylic acids is 1. The van der Waals surface area contributed by atoms with Crippen molar-refractivity contribution in [1.82, 2.24) is 0 Å². The zero-order valence-corrected chi connectivity index (χ0v) is 9.15. The first kappa shape index (κ1) is 9.55. The fraction of sp³-hybridized carbons (Fsp3) is 0.100. The average molecular weight is 224 g/mol. The highest BCUT2D eigenvalue weighted by molar-refractivity contribution is 7.80. The summed E-state index contributed by atoms with van der Waals surface area (Å²) in [5.41, 5.74) is 0.301. The van der Waals surface area contributed by atoms with Crippen LogP contribution in [0.4, 0.5) is 0 Å². The van der Waals surface area contributed by atoms with Crippen LogP contribution in [0, 0.1) is 6.92 Å². The van der Waals surface area contributed by atoms with Crippen molar-refractivity contribution < 1.29 is 9.90 Å². The quantitative estimate of drug-likeness (QED) is 0.730. The standard InChI is InChI=1S/C10H8O2S2/c1-5-4-6-8(14-5)3-2-7(13)9(6)10(11)12/h2-4,13H,1H3,(H,11,12). The monoisotopic (exact) mass is 224 g/mol. The molecule has 0 amide bonds. The van der Waals surface area contributed by atoms with Gasteiger partial charge in [-0.3, -0.25) is 0 Å². The number of carboxylic acid groups (broad SMARTS) is 1. The maximum Gasteiger partial charge on any atom is 0.337 e. The molecule has 14 heavy (non-hydrogen) atoms. The van der Waals surface area contributed by atoms with E-state index in [0.717, 1.165) is 15.0 Å². The first-order valence-corrected chi connectivity index (χ1v) is 5.31. The number of hydrogen-bond donors (Lipinski definition) is 2. The summed E-state index contributed by atoms with van der Waals surface area (Å²) >= 11 is 5.74. The van der Waals surface area contributed by atoms with E-state index in [1.807, 2.05) is 19.1 Å². The molecule has 0 saturated heterocycles. The number of fused-ring (bicyclic) bond motifs is 1. The molecule has 2 rings (SSSR count). The highest BCUT2D eigenvalue weighted by atomic mass is 32.1. The molecule has 0 atom stereocenters. The summed E-state index contributed by atoms with van der Waals surface area (Å²) in [5.74, 6) is -0.918. The van der Waals surface area contributed by atoms with Crippen LogP contribution < -0.4 is 0 Å². The van der Waals surface area contributed by atoms with E-state index in [-0.39, 0.29) is 0 Å². The zero-order chi connectivity index (χ0) is 10.3. The Morgan fingerprint density at radius 2 is 2.21 bits per heavy atom. The van der Waals surface area contributed by atoms with Gasteiger partial charge in [-0.05, 0) is 25.1 Å². The third kappa shape index (κ3) is 1.40. The molecule has 0 aliphatic heterocycles. The summed E-state index contributed by atoms with van der Waals surface area (Å²) in [5, 5.41) is 9.81. The van der Waals surface area contributed by atoms with Crippen molar-refractivity contribution in [2.24, 2.45) is 0 Å². The predicted molar refractivity (Wildman–Crippen MR) is 60.8 cm³/mol. The molecular formula is C10H8O2S2. The third-order valence-corrected chi connectivity index (χ3v) is 3.40. The smallest absolute Gasteiger partial charge is 0.337 e. The molecule has 1 N–H and O–H groups in total. The van der Waals surface area contributed by atoms with Crippen molar-refractivity contribution in [1.29, 1.82) is 0 Å². The number of hydrogen-bond acceptors (Lipinski definition) is 3. The molecular weight excluding hydrogens is 216 g/mol. The van der Waals surface area contributed by atoms with Gasteiger partial charge in [0.25, 0.3) is 0 Å². The van der Waals surface area contributed by atoms with Crippen LogP contribution in [0.1, 0.15) is 15.2 Å². The van der Waals surface area contributed by atoms with Gasteiger partial charge in [0.2, 0.25) is 0 Å². The van der Waals surface area contributed by atoms with Crippen molar-refractivity contribution in [3.05, 3.63) is 28.6 Å². The van der Waals surface area contributed by atoms with E-state index >= 15 is 0 Å². The summed E-state index contributed by atoms with van der Waals surface area (Å²) < 4.78 is 0.998. The first-order valence-electron chi connectivity index (χ1n) is 4.05. The molecule has 2 nitrogen and oxygen atoms in total. The molecule has 0 radical (unpaired) electrons. The van der Waals surface area contributed by atoms with Crippen molar-refractivity contribution >= 4 is 40.0 Å². The van der Waals surface area contributed by atoms with Crippen LogP contribution in [0.3, 0.4) is 0 Å². The van der Waals surface area contributed by atoms with E-state index in [2.05, 4.69) is 12.6 Å². The molecule has 1 aromatic heterocycles. The summed E-state index contributed by atoms with van der Waals surface area (Å²) in [4.78, 5) is 12.6. The maximum absolute atomic E-state index is 11.0. The van der Waals surface area contributed by atoms with E-state index in [4.69, 9.17) is 5.11 Å². The van der Waals surface area contributed by atoms with Crippen LogP contribution in [-0.2, 0) is 0 Å². The lowest BCUT2D eigenvalue weighted by Gasteiger charge is -2.00. The second-order valence-electron chi connectivity index (χ2n) is 3.03. The third-order valence-electron chi connectivity index (χ3n) is 2.02. The number of thiol groups is 1. The van der Waals surface area contributed by atoms with E-state index < -0.39 is 5.97 Å². The molecule has 0 fully saturated rings. The van der Waals surface area contributed by atoms with Crippen LogP contribution in [0.2, 0.25) is 0 Å². The van der Waals surface area contributed by atoms with Gasteiger partial charge < -0.3 is 5.11 Å². The average Bonchev–Trinajstić information content (AvgIpc) is 2.43. The number of rotatable bonds is 1. The van der Waals surface area contributed by atoms with Gasteiger partial charge in [-0.25, -0.2) is 4.79 Å². The van der Waals surface area contributed by atoms with Crippen LogP contribution in [0.5, 0.6) is 0 Å². The largest absolute Gasteiger partial charge is 0.478 e. The van der Waals surface area contributed by atoms with Crippen molar-refractivity contribution in [2.75, 3.05) is 0 Å². The first-order chi connectivity index (χ1) is 6.59. The van der Waals surface area contributed by atoms with Crippen molar-refractivity contribution in [3.63, 3.8) is 0 Å². The lowest BCUT2D eigenvalue weighted by molar-refractivity contribution is 0.0695. The number of thiophene rings is 1. The molecule has 2 aromatic rings. The summed E-state index contributed by atoms with van der Waals surface area (Å²) in [7, 11) is 0. The Morgan fingerprint density at radius 1 is 1.50 bits per heavy atom. The fourth-order valence-corrected chi connectivity index (χ4v) is 2.67. The number of aryl methyl sites for hydroxylation is 1. The topological polar surface area (TPSA) is 37.3 Å². The Kier molecular flexibility index (Phi) is 2.25. The Morgan fingerprint density at radius 3 is 2.86 bits per heavy atom. The minimum Gasteiger partial charge on any atom is -0.478 e. The van der Waals surface area contributed by atoms with Crippen molar-refractivity contribution in [2.45, 2.75) is 11.8 Å². The molecule has 1 heterocycles. The van der Waals surface area contributed by atoms with Crippen molar-refractivity contribution in [3.8, 4) is 0 Å². The van der Waals surface area contributed by atoms with Gasteiger partial charge >= 0.3 is 5.97 Å². The van der Waals surface area contributed by atoms with Gasteiger partial charge in [0.1, 0.15) is 0 Å². The molecule has 0 saturated carbocycles. The molecule has 0 bridgehead atoms. The second-order valence-corrected chi connectivity index (χ2v) is 4.80. The summed E-state index contributed by atoms with van der Waals surface area (Å²) in [6.45, 7) is 1.97. The lowest BCUT2D eigenvalue weighted by Crippen LogP contribution is -1.97. The van der Waals surface area contributed by atoms with Gasteiger partial charge in [-0.1, -0.05) is 0 Å². The van der Waals surface area contributed by atoms with Gasteiger partial charge in [0.05, 0.1) is 5.56 Å². The van der Waals surface area contributed by atoms with Crippen LogP contribution in [0.15, 0.2) is 23.1 Å². The number of carbonyl (C=O) groups is 1. The summed E-state index contributed by atoms with van der Waals surface area (Å²) in [6, 6.07) is 5.52. The Labute approximate surface area is 90.6 Å². The SMILES string of the molecule is Cc1cc2c(C(=O)O)c(S)ccc2s1. The molecule has 0 unspecified atom stereocenters. The molecule has 0 spiro atoms. The van der Waals surface area contributed by atoms with E-state index in [9.17, 15) is 4.79 Å². The van der Waals surface area contributed by atoms with Gasteiger partial charge in [-0.15, -0.1) is 24.0 Å². The van der Waals surface area contributed by atoms with Crippen LogP contribution >= 0.6 is 24.0 Å². The summed E-state index contributed by atoms with van der Waals surface area (Å²) in [6.07, 6.45) is 0. The van der Waals surface area contributed by atoms with Crippen LogP contribution in [-0.4, -0.2) is 11.1 Å². The van der Waals surface area contributed by atoms with Gasteiger partial charge in [-0.2, -0.15) is 0 Å². The minimum absolute atomic E-state index is 0.301. The Bertz CT molecular complexity index is 514. The minimum atomic E-state index is -0.918. The fourth-order valence-electron chi connectivity index (χ4n) is 1.45. The normalized spacial score (nSPS) is 10.7. The lowest BCUT2D eigenvalue weighted by atomic mass is 10.1. The maximum atomic E-state index is 11.0. The Hall–Kier alpha value is -1.00. The van der Waals surface area contributed by atoms with E-state index in [1.165, 1.54) is 0 Å². The Balaban J connectivity index is 2.88.